The molecule has 0 saturated carbocycles. The molecule has 0 amide bonds. The number of hydrogen-bond donors (Lipinski definition) is 1. The smallest absolute Gasteiger partial charge is 0.313 e. The average molecular weight is 210 g/mol. The van der Waals surface area contributed by atoms with Crippen molar-refractivity contribution in [1.82, 2.24) is 5.32 Å². The zero-order valence-electron chi connectivity index (χ0n) is 8.82. The van der Waals surface area contributed by atoms with Crippen LogP contribution in [0.25, 0.3) is 0 Å². The molecule has 0 aliphatic heterocycles. The van der Waals surface area contributed by atoms with Gasteiger partial charge in [-0.3, -0.25) is 10.1 Å². The molecule has 0 atom stereocenters. The van der Waals surface area contributed by atoms with Gasteiger partial charge in [-0.2, -0.15) is 0 Å². The minimum absolute atomic E-state index is 0.0496. The van der Waals surface area contributed by atoms with E-state index < -0.39 is 4.92 Å². The number of nitrogens with one attached hydrogen (secondary N) is 1. The second-order valence-corrected chi connectivity index (χ2v) is 3.13. The van der Waals surface area contributed by atoms with E-state index in [4.69, 9.17) is 4.74 Å². The van der Waals surface area contributed by atoms with E-state index in [0.717, 1.165) is 0 Å². The van der Waals surface area contributed by atoms with Gasteiger partial charge in [0.25, 0.3) is 0 Å². The van der Waals surface area contributed by atoms with E-state index in [1.807, 2.05) is 0 Å². The summed E-state index contributed by atoms with van der Waals surface area (Å²) < 4.78 is 5.32. The van der Waals surface area contributed by atoms with Crippen LogP contribution in [0.15, 0.2) is 18.2 Å². The van der Waals surface area contributed by atoms with Crippen molar-refractivity contribution in [3.8, 4) is 5.75 Å². The molecule has 0 aromatic heterocycles. The van der Waals surface area contributed by atoms with Crippen LogP contribution in [-0.4, -0.2) is 25.1 Å². The van der Waals surface area contributed by atoms with E-state index in [-0.39, 0.29) is 5.69 Å². The van der Waals surface area contributed by atoms with Crippen LogP contribution in [0.3, 0.4) is 0 Å². The molecule has 0 aliphatic rings. The van der Waals surface area contributed by atoms with Crippen LogP contribution in [-0.2, 0) is 0 Å². The number of aryl methyl sites for hydroxylation is 1. The molecule has 5 nitrogen and oxygen atoms in total. The maximum atomic E-state index is 10.8. The van der Waals surface area contributed by atoms with Crippen LogP contribution in [0.5, 0.6) is 5.75 Å². The first-order chi connectivity index (χ1) is 7.16. The highest BCUT2D eigenvalue weighted by Gasteiger charge is 2.17. The summed E-state index contributed by atoms with van der Waals surface area (Å²) in [5.41, 5.74) is 0.663. The van der Waals surface area contributed by atoms with E-state index in [0.29, 0.717) is 24.5 Å². The van der Waals surface area contributed by atoms with Gasteiger partial charge in [0.1, 0.15) is 6.61 Å². The van der Waals surface area contributed by atoms with Crippen molar-refractivity contribution in [2.75, 3.05) is 20.2 Å². The number of hydrogen-bond acceptors (Lipinski definition) is 4. The largest absolute Gasteiger partial charge is 0.485 e. The first-order valence-corrected chi connectivity index (χ1v) is 4.68. The fourth-order valence-electron chi connectivity index (χ4n) is 1.25. The van der Waals surface area contributed by atoms with Gasteiger partial charge in [-0.1, -0.05) is 12.1 Å². The topological polar surface area (TPSA) is 64.4 Å². The van der Waals surface area contributed by atoms with Gasteiger partial charge in [0.05, 0.1) is 4.92 Å². The summed E-state index contributed by atoms with van der Waals surface area (Å²) in [6.45, 7) is 2.77. The van der Waals surface area contributed by atoms with Crippen LogP contribution < -0.4 is 10.1 Å². The number of para-hydroxylation sites is 1. The number of nitrogens with zero attached hydrogens (tertiary/aromatic N) is 1. The number of nitro groups is 1. The van der Waals surface area contributed by atoms with Gasteiger partial charge < -0.3 is 10.1 Å². The maximum absolute atomic E-state index is 10.8. The van der Waals surface area contributed by atoms with Gasteiger partial charge in [0.2, 0.25) is 0 Å². The first kappa shape index (κ1) is 11.5. The number of ether oxygens (including phenoxy) is 1. The molecule has 0 bridgehead atoms. The Morgan fingerprint density at radius 2 is 2.27 bits per heavy atom. The Morgan fingerprint density at radius 1 is 1.53 bits per heavy atom. The third-order valence-corrected chi connectivity index (χ3v) is 1.99. The van der Waals surface area contributed by atoms with Gasteiger partial charge in [-0.05, 0) is 20.0 Å². The highest BCUT2D eigenvalue weighted by molar-refractivity contribution is 5.51. The SMILES string of the molecule is CNCCOc1cccc(C)c1[N+](=O)[O-]. The lowest BCUT2D eigenvalue weighted by molar-refractivity contribution is -0.386. The Hall–Kier alpha value is -1.62. The first-order valence-electron chi connectivity index (χ1n) is 4.68. The van der Waals surface area contributed by atoms with Crippen molar-refractivity contribution in [2.45, 2.75) is 6.92 Å². The second kappa shape index (κ2) is 5.31. The predicted octanol–water partition coefficient (Wildman–Crippen LogP) is 1.50. The molecular formula is C10H14N2O3. The van der Waals surface area contributed by atoms with Crippen molar-refractivity contribution in [2.24, 2.45) is 0 Å². The van der Waals surface area contributed by atoms with Crippen LogP contribution in [0.1, 0.15) is 5.56 Å². The molecule has 0 radical (unpaired) electrons. The third kappa shape index (κ3) is 2.92. The van der Waals surface area contributed by atoms with Gasteiger partial charge >= 0.3 is 5.69 Å². The predicted molar refractivity (Wildman–Crippen MR) is 57.3 cm³/mol. The molecule has 1 N–H and O–H groups in total. The van der Waals surface area contributed by atoms with Crippen molar-refractivity contribution >= 4 is 5.69 Å². The van der Waals surface area contributed by atoms with Crippen LogP contribution in [0, 0.1) is 17.0 Å². The summed E-state index contributed by atoms with van der Waals surface area (Å²) in [4.78, 5) is 10.4. The molecule has 0 fully saturated rings. The molecule has 0 heterocycles. The maximum Gasteiger partial charge on any atom is 0.313 e. The lowest BCUT2D eigenvalue weighted by Gasteiger charge is -2.07. The Morgan fingerprint density at radius 3 is 2.87 bits per heavy atom. The molecular weight excluding hydrogens is 196 g/mol. The lowest BCUT2D eigenvalue weighted by atomic mass is 10.2. The summed E-state index contributed by atoms with van der Waals surface area (Å²) in [5.74, 6) is 0.329. The standard InChI is InChI=1S/C10H14N2O3/c1-8-4-3-5-9(10(8)12(13)14)15-7-6-11-2/h3-5,11H,6-7H2,1-2H3. The quantitative estimate of drug-likeness (QED) is 0.454. The summed E-state index contributed by atoms with van der Waals surface area (Å²) in [7, 11) is 1.80. The van der Waals surface area contributed by atoms with Crippen LogP contribution in [0.2, 0.25) is 0 Å². The molecule has 82 valence electrons. The fourth-order valence-corrected chi connectivity index (χ4v) is 1.25. The molecule has 1 aromatic carbocycles. The Balaban J connectivity index is 2.86. The van der Waals surface area contributed by atoms with Crippen molar-refractivity contribution in [3.63, 3.8) is 0 Å². The van der Waals surface area contributed by atoms with Gasteiger partial charge in [-0.25, -0.2) is 0 Å². The summed E-state index contributed by atoms with van der Waals surface area (Å²) in [6, 6.07) is 5.06. The highest BCUT2D eigenvalue weighted by atomic mass is 16.6. The fraction of sp³-hybridized carbons (Fsp3) is 0.400. The highest BCUT2D eigenvalue weighted by Crippen LogP contribution is 2.29. The molecule has 1 rings (SSSR count). The van der Waals surface area contributed by atoms with E-state index in [1.54, 1.807) is 32.2 Å². The van der Waals surface area contributed by atoms with Crippen LogP contribution >= 0.6 is 0 Å². The van der Waals surface area contributed by atoms with Crippen molar-refractivity contribution in [3.05, 3.63) is 33.9 Å². The van der Waals surface area contributed by atoms with Crippen molar-refractivity contribution in [1.29, 1.82) is 0 Å². The van der Waals surface area contributed by atoms with Gasteiger partial charge in [0, 0.05) is 12.1 Å². The second-order valence-electron chi connectivity index (χ2n) is 3.13. The lowest BCUT2D eigenvalue weighted by Crippen LogP contribution is -2.16. The Kier molecular flexibility index (Phi) is 4.05. The van der Waals surface area contributed by atoms with Crippen molar-refractivity contribution < 1.29 is 9.66 Å². The van der Waals surface area contributed by atoms with E-state index in [2.05, 4.69) is 5.32 Å². The van der Waals surface area contributed by atoms with E-state index >= 15 is 0 Å². The summed E-state index contributed by atoms with van der Waals surface area (Å²) in [5, 5.41) is 13.7. The normalized spacial score (nSPS) is 10.0. The van der Waals surface area contributed by atoms with Crippen LogP contribution in [0.4, 0.5) is 5.69 Å². The Labute approximate surface area is 88.2 Å². The Bertz CT molecular complexity index is 353. The summed E-state index contributed by atoms with van der Waals surface area (Å²) in [6.07, 6.45) is 0. The van der Waals surface area contributed by atoms with Gasteiger partial charge in [0.15, 0.2) is 5.75 Å². The molecule has 0 unspecified atom stereocenters. The molecule has 0 spiro atoms. The zero-order chi connectivity index (χ0) is 11.3. The average Bonchev–Trinajstić information content (AvgIpc) is 2.17. The number of rotatable bonds is 5. The van der Waals surface area contributed by atoms with E-state index in [9.17, 15) is 10.1 Å². The number of benzene rings is 1. The third-order valence-electron chi connectivity index (χ3n) is 1.99. The number of nitro benzene ring substituents is 1. The molecule has 0 aliphatic carbocycles. The van der Waals surface area contributed by atoms with E-state index in [1.165, 1.54) is 0 Å². The zero-order valence-corrected chi connectivity index (χ0v) is 8.82. The molecule has 0 saturated heterocycles. The number of likely N-dealkylation sites (N-methyl/N-ethyl adjacent to an activating group) is 1. The minimum atomic E-state index is -0.413. The monoisotopic (exact) mass is 210 g/mol. The van der Waals surface area contributed by atoms with Gasteiger partial charge in [-0.15, -0.1) is 0 Å². The minimum Gasteiger partial charge on any atom is -0.485 e. The molecule has 15 heavy (non-hydrogen) atoms. The molecule has 1 aromatic rings. The summed E-state index contributed by atoms with van der Waals surface area (Å²) >= 11 is 0. The molecule has 5 heteroatoms.